The second-order valence-electron chi connectivity index (χ2n) is 16.8. The largest absolute Gasteiger partial charge is 0.485 e. The minimum absolute atomic E-state index is 0.0322. The first-order valence-electron chi connectivity index (χ1n) is 21.7. The van der Waals surface area contributed by atoms with Crippen LogP contribution in [0.25, 0.3) is 82.1 Å². The van der Waals surface area contributed by atoms with E-state index in [2.05, 4.69) is 217 Å². The van der Waals surface area contributed by atoms with Crippen molar-refractivity contribution in [3.05, 3.63) is 236 Å². The molecule has 63 heavy (non-hydrogen) atoms. The van der Waals surface area contributed by atoms with Gasteiger partial charge in [0.2, 0.25) is 0 Å². The highest BCUT2D eigenvalue weighted by Crippen LogP contribution is 2.48. The highest BCUT2D eigenvalue weighted by atomic mass is 16.5. The third kappa shape index (κ3) is 5.89. The van der Waals surface area contributed by atoms with Gasteiger partial charge in [0.15, 0.2) is 0 Å². The third-order valence-corrected chi connectivity index (χ3v) is 13.2. The quantitative estimate of drug-likeness (QED) is 0.157. The summed E-state index contributed by atoms with van der Waals surface area (Å²) in [6.45, 7) is 0. The maximum Gasteiger partial charge on any atom is 0.135 e. The van der Waals surface area contributed by atoms with Crippen molar-refractivity contribution in [1.82, 2.24) is 0 Å². The number of nitrogens with zero attached hydrogens (tertiary/aromatic N) is 1. The number of rotatable bonds is 6. The second kappa shape index (κ2) is 14.2. The van der Waals surface area contributed by atoms with E-state index in [1.165, 1.54) is 54.6 Å². The van der Waals surface area contributed by atoms with Crippen LogP contribution in [0.4, 0.5) is 17.1 Å². The minimum Gasteiger partial charge on any atom is -0.485 e. The van der Waals surface area contributed by atoms with Crippen molar-refractivity contribution in [2.24, 2.45) is 0 Å². The predicted molar refractivity (Wildman–Crippen MR) is 263 cm³/mol. The Bertz CT molecular complexity index is 3670. The van der Waals surface area contributed by atoms with Crippen molar-refractivity contribution < 1.29 is 9.15 Å². The van der Waals surface area contributed by atoms with Crippen molar-refractivity contribution in [3.8, 4) is 28.0 Å². The van der Waals surface area contributed by atoms with Gasteiger partial charge in [0.25, 0.3) is 0 Å². The summed E-state index contributed by atoms with van der Waals surface area (Å²) in [4.78, 5) is 2.40. The molecular weight excluding hydrogens is 767 g/mol. The van der Waals surface area contributed by atoms with Crippen molar-refractivity contribution in [3.63, 3.8) is 0 Å². The summed E-state index contributed by atoms with van der Waals surface area (Å²) in [5.74, 6) is 1.09. The molecule has 1 aliphatic heterocycles. The molecule has 0 radical (unpaired) electrons. The Morgan fingerprint density at radius 3 is 1.90 bits per heavy atom. The van der Waals surface area contributed by atoms with Crippen molar-refractivity contribution in [2.75, 3.05) is 4.90 Å². The summed E-state index contributed by atoms with van der Waals surface area (Å²) in [6.07, 6.45) is 6.86. The van der Waals surface area contributed by atoms with E-state index in [1.54, 1.807) is 0 Å². The SMILES string of the molecule is C1=CC2Oc3cc4ccccc4cc3C2C=C1c1ccccc1N(c1ccc(-c2ccc3oc4ccccc4c3c2)cc1)c1ccc(-c2cccc3c2ccc2ccccc23)cc1. The van der Waals surface area contributed by atoms with Gasteiger partial charge in [-0.15, -0.1) is 0 Å². The minimum atomic E-state index is -0.0322. The molecule has 296 valence electrons. The Kier molecular flexibility index (Phi) is 8.04. The number of fused-ring (bicyclic) bond motifs is 10. The zero-order chi connectivity index (χ0) is 41.4. The smallest absolute Gasteiger partial charge is 0.135 e. The lowest BCUT2D eigenvalue weighted by atomic mass is 9.85. The fourth-order valence-electron chi connectivity index (χ4n) is 10.1. The molecule has 2 heterocycles. The lowest BCUT2D eigenvalue weighted by molar-refractivity contribution is 0.269. The molecule has 0 spiro atoms. The van der Waals surface area contributed by atoms with Crippen molar-refractivity contribution in [2.45, 2.75) is 12.0 Å². The summed E-state index contributed by atoms with van der Waals surface area (Å²) in [6, 6.07) is 74.5. The molecular formula is C60H39NO2. The van der Waals surface area contributed by atoms with Crippen LogP contribution in [0.5, 0.6) is 5.75 Å². The maximum atomic E-state index is 6.56. The maximum absolute atomic E-state index is 6.56. The molecule has 13 rings (SSSR count). The Morgan fingerprint density at radius 1 is 0.413 bits per heavy atom. The van der Waals surface area contributed by atoms with Crippen molar-refractivity contribution >= 4 is 76.9 Å². The summed E-state index contributed by atoms with van der Waals surface area (Å²) < 4.78 is 12.7. The number of ether oxygens (including phenoxy) is 1. The Hall–Kier alpha value is -8.14. The fourth-order valence-corrected chi connectivity index (χ4v) is 10.1. The van der Waals surface area contributed by atoms with Gasteiger partial charge in [0, 0.05) is 39.2 Å². The first-order chi connectivity index (χ1) is 31.2. The van der Waals surface area contributed by atoms with Crippen LogP contribution < -0.4 is 9.64 Å². The average Bonchev–Trinajstić information content (AvgIpc) is 3.90. The normalized spacial score (nSPS) is 15.5. The van der Waals surface area contributed by atoms with Gasteiger partial charge in [-0.2, -0.15) is 0 Å². The summed E-state index contributed by atoms with van der Waals surface area (Å²) in [5, 5.41) is 9.74. The molecule has 0 saturated heterocycles. The van der Waals surface area contributed by atoms with Gasteiger partial charge >= 0.3 is 0 Å². The van der Waals surface area contributed by atoms with E-state index in [1.807, 2.05) is 12.1 Å². The van der Waals surface area contributed by atoms with E-state index >= 15 is 0 Å². The van der Waals surface area contributed by atoms with Crippen LogP contribution in [0, 0.1) is 0 Å². The Morgan fingerprint density at radius 2 is 1.06 bits per heavy atom. The van der Waals surface area contributed by atoms with Crippen LogP contribution >= 0.6 is 0 Å². The van der Waals surface area contributed by atoms with E-state index in [0.29, 0.717) is 0 Å². The summed E-state index contributed by atoms with van der Waals surface area (Å²) in [5.41, 5.74) is 13.4. The molecule has 0 bridgehead atoms. The van der Waals surface area contributed by atoms with E-state index in [4.69, 9.17) is 9.15 Å². The third-order valence-electron chi connectivity index (χ3n) is 13.2. The molecule has 0 saturated carbocycles. The second-order valence-corrected chi connectivity index (χ2v) is 16.8. The first kappa shape index (κ1) is 35.6. The lowest BCUT2D eigenvalue weighted by Crippen LogP contribution is -2.18. The highest BCUT2D eigenvalue weighted by molar-refractivity contribution is 6.12. The van der Waals surface area contributed by atoms with E-state index in [0.717, 1.165) is 61.4 Å². The Balaban J connectivity index is 0.924. The number of furan rings is 1. The van der Waals surface area contributed by atoms with E-state index in [-0.39, 0.29) is 12.0 Å². The van der Waals surface area contributed by atoms with Gasteiger partial charge in [-0.3, -0.25) is 0 Å². The van der Waals surface area contributed by atoms with Crippen LogP contribution in [0.15, 0.2) is 229 Å². The van der Waals surface area contributed by atoms with Gasteiger partial charge in [-0.25, -0.2) is 0 Å². The molecule has 2 atom stereocenters. The van der Waals surface area contributed by atoms with Crippen LogP contribution in [-0.2, 0) is 0 Å². The van der Waals surface area contributed by atoms with Gasteiger partial charge in [0.1, 0.15) is 23.0 Å². The monoisotopic (exact) mass is 805 g/mol. The van der Waals surface area contributed by atoms with E-state index < -0.39 is 0 Å². The molecule has 1 aromatic heterocycles. The zero-order valence-corrected chi connectivity index (χ0v) is 34.3. The number of benzene rings is 10. The number of allylic oxidation sites excluding steroid dienone is 2. The number of anilines is 3. The predicted octanol–water partition coefficient (Wildman–Crippen LogP) is 16.3. The summed E-state index contributed by atoms with van der Waals surface area (Å²) >= 11 is 0. The van der Waals surface area contributed by atoms with Gasteiger partial charge in [-0.05, 0) is 127 Å². The number of para-hydroxylation sites is 2. The van der Waals surface area contributed by atoms with Gasteiger partial charge in [0.05, 0.1) is 5.69 Å². The molecule has 3 nitrogen and oxygen atoms in total. The lowest BCUT2D eigenvalue weighted by Gasteiger charge is -2.29. The topological polar surface area (TPSA) is 25.6 Å². The molecule has 2 aliphatic rings. The van der Waals surface area contributed by atoms with E-state index in [9.17, 15) is 0 Å². The molecule has 2 unspecified atom stereocenters. The van der Waals surface area contributed by atoms with Gasteiger partial charge < -0.3 is 14.1 Å². The standard InChI is InChI=1S/C60H39NO2/c1-2-12-42-37-60-55(34-41(42)11-1)54-36-44(26-33-59(54)63-60)49-14-5-7-18-56(49)61(45-27-20-38(21-28-45)43-25-32-58-53(35-43)52-15-6-8-19-57(52)62-58)46-29-22-40(23-30-46)48-16-9-17-50-47-13-4-3-10-39(47)24-31-51(48)50/h1-37,54,59H. The molecule has 0 N–H and O–H groups in total. The molecule has 0 fully saturated rings. The zero-order valence-electron chi connectivity index (χ0n) is 34.3. The average molecular weight is 806 g/mol. The van der Waals surface area contributed by atoms with Crippen LogP contribution in [0.3, 0.4) is 0 Å². The van der Waals surface area contributed by atoms with Crippen molar-refractivity contribution in [1.29, 1.82) is 0 Å². The molecule has 1 aliphatic carbocycles. The number of hydrogen-bond acceptors (Lipinski definition) is 3. The molecule has 0 amide bonds. The van der Waals surface area contributed by atoms with Gasteiger partial charge in [-0.1, -0.05) is 158 Å². The van der Waals surface area contributed by atoms with Crippen LogP contribution in [0.2, 0.25) is 0 Å². The molecule has 11 aromatic rings. The summed E-state index contributed by atoms with van der Waals surface area (Å²) in [7, 11) is 0. The van der Waals surface area contributed by atoms with Crippen LogP contribution in [-0.4, -0.2) is 6.10 Å². The van der Waals surface area contributed by atoms with Crippen LogP contribution in [0.1, 0.15) is 17.0 Å². The number of hydrogen-bond donors (Lipinski definition) is 0. The fraction of sp³-hybridized carbons (Fsp3) is 0.0333. The molecule has 10 aromatic carbocycles. The Labute approximate surface area is 365 Å². The highest BCUT2D eigenvalue weighted by Gasteiger charge is 2.34. The first-order valence-corrected chi connectivity index (χ1v) is 21.7. The molecule has 3 heteroatoms.